The average Bonchev–Trinajstić information content (AvgIpc) is 3.94. The van der Waals surface area contributed by atoms with Crippen LogP contribution in [0.4, 0.5) is 5.82 Å². The predicted molar refractivity (Wildman–Crippen MR) is 257 cm³/mol. The van der Waals surface area contributed by atoms with E-state index in [4.69, 9.17) is 37.7 Å². The normalized spacial score (nSPS) is 17.8. The van der Waals surface area contributed by atoms with Crippen LogP contribution >= 0.6 is 8.53 Å². The van der Waals surface area contributed by atoms with Crippen LogP contribution in [0.15, 0.2) is 122 Å². The topological polar surface area (TPSA) is 164 Å². The van der Waals surface area contributed by atoms with Crippen LogP contribution < -0.4 is 14.8 Å². The molecule has 1 unspecified atom stereocenters. The molecule has 1 amide bonds. The number of methoxy groups -OCH3 is 2. The van der Waals surface area contributed by atoms with Gasteiger partial charge in [-0.2, -0.15) is 5.26 Å². The Labute approximate surface area is 394 Å². The highest BCUT2D eigenvalue weighted by atomic mass is 31.2. The first kappa shape index (κ1) is 49.1. The third-order valence-corrected chi connectivity index (χ3v) is 13.6. The number of hydrogen-bond donors (Lipinski definition) is 1. The summed E-state index contributed by atoms with van der Waals surface area (Å²) >= 11 is 0. The van der Waals surface area contributed by atoms with E-state index in [2.05, 4.69) is 60.6 Å². The molecular formula is C51H60N7O8P. The minimum Gasteiger partial charge on any atom is -0.497 e. The maximum Gasteiger partial charge on any atom is 0.259 e. The van der Waals surface area contributed by atoms with Crippen molar-refractivity contribution in [2.24, 2.45) is 0 Å². The number of carbonyl (C=O) groups excluding carboxylic acids is 1. The summed E-state index contributed by atoms with van der Waals surface area (Å²) in [5.41, 5.74) is 2.66. The van der Waals surface area contributed by atoms with Crippen LogP contribution in [0.5, 0.6) is 11.5 Å². The number of nitrogens with zero attached hydrogens (tertiary/aromatic N) is 6. The summed E-state index contributed by atoms with van der Waals surface area (Å²) in [7, 11) is 1.50. The minimum absolute atomic E-state index is 0.00643. The zero-order valence-corrected chi connectivity index (χ0v) is 40.0. The van der Waals surface area contributed by atoms with Crippen molar-refractivity contribution in [1.29, 1.82) is 5.26 Å². The van der Waals surface area contributed by atoms with Gasteiger partial charge in [-0.3, -0.25) is 9.36 Å². The third kappa shape index (κ3) is 11.1. The zero-order chi connectivity index (χ0) is 47.3. The van der Waals surface area contributed by atoms with Crippen molar-refractivity contribution < 1.29 is 37.5 Å². The summed E-state index contributed by atoms with van der Waals surface area (Å²) in [5.74, 6) is 1.31. The molecule has 15 nitrogen and oxygen atoms in total. The van der Waals surface area contributed by atoms with Crippen molar-refractivity contribution in [2.75, 3.05) is 39.4 Å². The molecule has 7 rings (SSSR count). The summed E-state index contributed by atoms with van der Waals surface area (Å²) in [6, 6.07) is 37.0. The number of rotatable bonds is 23. The number of fused-ring (bicyclic) bond motifs is 1. The SMILES string of the molecule is CCCCO[C@@H]1[C@H](OP(OCCC#N)N(C(C)C)C(C)C)[C@@H](COC(c2ccccc2)(c2ccc(OC)cc2)c2ccc(OC)cc2)O[C@H]1n1cnc2c(NC(=O)c3ccccc3)ncnc21. The standard InChI is InChI=1S/C51H60N7O8P/c1-8-9-30-62-46-45(66-67(64-31-16-29-52)58(35(2)3)36(4)5)43(65-50(46)57-34-55-44-47(53-33-54-48(44)57)56-49(59)37-17-12-10-13-18-37)32-63-51(38-19-14-11-15-20-38,39-21-25-41(60-6)26-22-39)40-23-27-42(61-7)28-24-40/h10-15,17-28,33-36,43,45-46,50H,8-9,16,30-32H2,1-7H3,(H,53,54,56,59)/t43-,45-,46-,50-,67?/m1/s1. The van der Waals surface area contributed by atoms with Gasteiger partial charge in [-0.05, 0) is 87.2 Å². The van der Waals surface area contributed by atoms with Gasteiger partial charge < -0.3 is 38.0 Å². The van der Waals surface area contributed by atoms with Gasteiger partial charge in [0.05, 0.1) is 46.3 Å². The lowest BCUT2D eigenvalue weighted by Crippen LogP contribution is -2.43. The van der Waals surface area contributed by atoms with Gasteiger partial charge in [-0.25, -0.2) is 19.6 Å². The maximum absolute atomic E-state index is 13.4. The Morgan fingerprint density at radius 1 is 0.836 bits per heavy atom. The van der Waals surface area contributed by atoms with Crippen LogP contribution in [0, 0.1) is 11.3 Å². The number of nitrogens with one attached hydrogen (secondary N) is 1. The van der Waals surface area contributed by atoms with Gasteiger partial charge in [0.15, 0.2) is 23.2 Å². The molecule has 1 N–H and O–H groups in total. The molecule has 3 heterocycles. The smallest absolute Gasteiger partial charge is 0.259 e. The first-order chi connectivity index (χ1) is 32.6. The van der Waals surface area contributed by atoms with Crippen molar-refractivity contribution in [1.82, 2.24) is 24.2 Å². The van der Waals surface area contributed by atoms with Gasteiger partial charge in [0, 0.05) is 24.3 Å². The Hall–Kier alpha value is -5.82. The number of carbonyl (C=O) groups is 1. The lowest BCUT2D eigenvalue weighted by molar-refractivity contribution is -0.0954. The molecule has 4 aromatic carbocycles. The molecule has 1 aliphatic heterocycles. The molecule has 0 aliphatic carbocycles. The fourth-order valence-electron chi connectivity index (χ4n) is 8.31. The summed E-state index contributed by atoms with van der Waals surface area (Å²) in [6.07, 6.45) is 1.73. The number of amides is 1. The molecule has 0 radical (unpaired) electrons. The van der Waals surface area contributed by atoms with E-state index >= 15 is 0 Å². The van der Waals surface area contributed by atoms with Gasteiger partial charge in [-0.1, -0.05) is 86.1 Å². The summed E-state index contributed by atoms with van der Waals surface area (Å²) in [5, 5.41) is 12.5. The summed E-state index contributed by atoms with van der Waals surface area (Å²) in [4.78, 5) is 27.2. The molecule has 1 fully saturated rings. The van der Waals surface area contributed by atoms with E-state index < -0.39 is 38.7 Å². The second-order valence-electron chi connectivity index (χ2n) is 16.6. The van der Waals surface area contributed by atoms with Crippen molar-refractivity contribution in [3.8, 4) is 17.6 Å². The molecule has 16 heteroatoms. The Bertz CT molecular complexity index is 2470. The highest BCUT2D eigenvalue weighted by Gasteiger charge is 2.52. The van der Waals surface area contributed by atoms with Crippen molar-refractivity contribution in [3.05, 3.63) is 144 Å². The highest BCUT2D eigenvalue weighted by molar-refractivity contribution is 7.44. The van der Waals surface area contributed by atoms with Crippen LogP contribution in [-0.4, -0.2) is 94.5 Å². The van der Waals surface area contributed by atoms with Gasteiger partial charge in [0.25, 0.3) is 14.4 Å². The monoisotopic (exact) mass is 929 g/mol. The number of anilines is 1. The highest BCUT2D eigenvalue weighted by Crippen LogP contribution is 2.51. The van der Waals surface area contributed by atoms with Gasteiger partial charge in [-0.15, -0.1) is 0 Å². The largest absolute Gasteiger partial charge is 0.497 e. The maximum atomic E-state index is 13.4. The molecule has 2 aromatic heterocycles. The number of aromatic nitrogens is 4. The molecule has 0 bridgehead atoms. The van der Waals surface area contributed by atoms with Crippen molar-refractivity contribution in [2.45, 2.75) is 96.1 Å². The predicted octanol–water partition coefficient (Wildman–Crippen LogP) is 9.85. The number of benzene rings is 4. The van der Waals surface area contributed by atoms with Crippen LogP contribution in [0.25, 0.3) is 11.2 Å². The van der Waals surface area contributed by atoms with E-state index in [0.717, 1.165) is 29.5 Å². The van der Waals surface area contributed by atoms with E-state index in [9.17, 15) is 10.1 Å². The van der Waals surface area contributed by atoms with Gasteiger partial charge >= 0.3 is 0 Å². The molecule has 1 aliphatic rings. The Kier molecular flexibility index (Phi) is 17.0. The molecule has 0 spiro atoms. The molecule has 67 heavy (non-hydrogen) atoms. The molecule has 5 atom stereocenters. The average molecular weight is 930 g/mol. The molecule has 0 saturated carbocycles. The lowest BCUT2D eigenvalue weighted by atomic mass is 9.80. The van der Waals surface area contributed by atoms with Crippen LogP contribution in [0.3, 0.4) is 0 Å². The molecule has 1 saturated heterocycles. The lowest BCUT2D eigenvalue weighted by Gasteiger charge is -2.39. The quantitative estimate of drug-likeness (QED) is 0.0367. The molecular weight excluding hydrogens is 870 g/mol. The molecule has 352 valence electrons. The minimum atomic E-state index is -1.79. The second-order valence-corrected chi connectivity index (χ2v) is 18.0. The second kappa shape index (κ2) is 23.3. The van der Waals surface area contributed by atoms with Gasteiger partial charge in [0.1, 0.15) is 41.7 Å². The van der Waals surface area contributed by atoms with Crippen LogP contribution in [0.2, 0.25) is 0 Å². The van der Waals surface area contributed by atoms with E-state index in [0.29, 0.717) is 34.8 Å². The fraction of sp³-hybridized carbons (Fsp3) is 0.392. The van der Waals surface area contributed by atoms with Crippen LogP contribution in [-0.2, 0) is 28.9 Å². The summed E-state index contributed by atoms with van der Waals surface area (Å²) < 4.78 is 50.6. The fourth-order valence-corrected chi connectivity index (χ4v) is 10.1. The number of nitriles is 1. The number of ether oxygens (including phenoxy) is 5. The summed E-state index contributed by atoms with van der Waals surface area (Å²) in [6.45, 7) is 11.1. The first-order valence-electron chi connectivity index (χ1n) is 22.7. The van der Waals surface area contributed by atoms with Crippen molar-refractivity contribution >= 4 is 31.4 Å². The van der Waals surface area contributed by atoms with E-state index in [1.165, 1.54) is 6.33 Å². The van der Waals surface area contributed by atoms with E-state index in [1.54, 1.807) is 49.4 Å². The van der Waals surface area contributed by atoms with E-state index in [-0.39, 0.29) is 43.4 Å². The Morgan fingerprint density at radius 3 is 2.03 bits per heavy atom. The Morgan fingerprint density at radius 2 is 1.45 bits per heavy atom. The van der Waals surface area contributed by atoms with Crippen LogP contribution in [0.1, 0.15) is 87.2 Å². The first-order valence-corrected chi connectivity index (χ1v) is 23.8. The van der Waals surface area contributed by atoms with Crippen molar-refractivity contribution in [3.63, 3.8) is 0 Å². The third-order valence-electron chi connectivity index (χ3n) is 11.5. The Balaban J connectivity index is 1.36. The number of imidazole rings is 1. The van der Waals surface area contributed by atoms with Gasteiger partial charge in [0.2, 0.25) is 0 Å². The number of unbranched alkanes of at least 4 members (excludes halogenated alkanes) is 1. The number of hydrogen-bond acceptors (Lipinski definition) is 13. The molecule has 6 aromatic rings. The zero-order valence-electron chi connectivity index (χ0n) is 39.2. The van der Waals surface area contributed by atoms with E-state index in [1.807, 2.05) is 84.9 Å².